The second-order valence-electron chi connectivity index (χ2n) is 4.57. The topological polar surface area (TPSA) is 15.3 Å². The van der Waals surface area contributed by atoms with Gasteiger partial charge in [0, 0.05) is 30.9 Å². The fraction of sp³-hybridized carbons (Fsp3) is 0.571. The van der Waals surface area contributed by atoms with Crippen molar-refractivity contribution in [1.82, 2.24) is 5.32 Å². The van der Waals surface area contributed by atoms with Gasteiger partial charge in [-0.1, -0.05) is 13.0 Å². The number of anilines is 1. The summed E-state index contributed by atoms with van der Waals surface area (Å²) in [5, 5.41) is 3.22. The van der Waals surface area contributed by atoms with E-state index in [0.717, 1.165) is 30.9 Å². The summed E-state index contributed by atoms with van der Waals surface area (Å²) in [6, 6.07) is 5.41. The van der Waals surface area contributed by atoms with Gasteiger partial charge in [-0.25, -0.2) is 4.39 Å². The molecule has 1 aliphatic rings. The lowest BCUT2D eigenvalue weighted by molar-refractivity contribution is 0.562. The van der Waals surface area contributed by atoms with Crippen molar-refractivity contribution in [3.63, 3.8) is 0 Å². The summed E-state index contributed by atoms with van der Waals surface area (Å²) in [4.78, 5) is 2.32. The molecule has 1 N–H and O–H groups in total. The quantitative estimate of drug-likeness (QED) is 0.864. The van der Waals surface area contributed by atoms with Gasteiger partial charge in [0.25, 0.3) is 0 Å². The van der Waals surface area contributed by atoms with Gasteiger partial charge in [0.2, 0.25) is 0 Å². The Morgan fingerprint density at radius 2 is 2.00 bits per heavy atom. The van der Waals surface area contributed by atoms with E-state index in [9.17, 15) is 4.39 Å². The number of halogens is 1. The molecule has 0 radical (unpaired) electrons. The largest absolute Gasteiger partial charge is 0.371 e. The molecule has 1 fully saturated rings. The van der Waals surface area contributed by atoms with Crippen LogP contribution < -0.4 is 10.2 Å². The van der Waals surface area contributed by atoms with E-state index in [1.165, 1.54) is 19.3 Å². The Hall–Kier alpha value is -1.09. The minimum atomic E-state index is -0.0889. The Morgan fingerprint density at radius 1 is 1.24 bits per heavy atom. The van der Waals surface area contributed by atoms with Crippen LogP contribution in [0.3, 0.4) is 0 Å². The van der Waals surface area contributed by atoms with Gasteiger partial charge in [0.05, 0.1) is 0 Å². The van der Waals surface area contributed by atoms with E-state index in [1.807, 2.05) is 19.1 Å². The normalized spacial score (nSPS) is 16.2. The fourth-order valence-electron chi connectivity index (χ4n) is 2.40. The number of nitrogens with one attached hydrogen (secondary N) is 1. The number of rotatable bonds is 4. The number of benzene rings is 1. The Morgan fingerprint density at radius 3 is 2.71 bits per heavy atom. The maximum Gasteiger partial charge on any atom is 0.129 e. The molecule has 0 aromatic heterocycles. The van der Waals surface area contributed by atoms with Crippen molar-refractivity contribution in [2.45, 2.75) is 32.7 Å². The summed E-state index contributed by atoms with van der Waals surface area (Å²) in [5.41, 5.74) is 1.89. The molecule has 17 heavy (non-hydrogen) atoms. The highest BCUT2D eigenvalue weighted by Gasteiger charge is 2.16. The van der Waals surface area contributed by atoms with Crippen LogP contribution >= 0.6 is 0 Å². The smallest absolute Gasteiger partial charge is 0.129 e. The third-order valence-corrected chi connectivity index (χ3v) is 3.34. The molecular weight excluding hydrogens is 215 g/mol. The van der Waals surface area contributed by atoms with Crippen molar-refractivity contribution in [2.75, 3.05) is 24.5 Å². The summed E-state index contributed by atoms with van der Waals surface area (Å²) < 4.78 is 13.9. The zero-order valence-electron chi connectivity index (χ0n) is 10.5. The minimum absolute atomic E-state index is 0.0889. The minimum Gasteiger partial charge on any atom is -0.371 e. The average molecular weight is 236 g/mol. The van der Waals surface area contributed by atoms with Gasteiger partial charge < -0.3 is 10.2 Å². The van der Waals surface area contributed by atoms with Crippen molar-refractivity contribution >= 4 is 5.69 Å². The van der Waals surface area contributed by atoms with Gasteiger partial charge in [0.15, 0.2) is 0 Å². The fourth-order valence-corrected chi connectivity index (χ4v) is 2.40. The highest BCUT2D eigenvalue weighted by atomic mass is 19.1. The lowest BCUT2D eigenvalue weighted by Gasteiger charge is -2.30. The first-order valence-corrected chi connectivity index (χ1v) is 6.56. The van der Waals surface area contributed by atoms with E-state index in [4.69, 9.17) is 0 Å². The number of hydrogen-bond acceptors (Lipinski definition) is 2. The monoisotopic (exact) mass is 236 g/mol. The van der Waals surface area contributed by atoms with Gasteiger partial charge >= 0.3 is 0 Å². The zero-order valence-corrected chi connectivity index (χ0v) is 10.5. The predicted molar refractivity (Wildman–Crippen MR) is 69.8 cm³/mol. The molecule has 0 saturated carbocycles. The van der Waals surface area contributed by atoms with Crippen molar-refractivity contribution in [3.8, 4) is 0 Å². The summed E-state index contributed by atoms with van der Waals surface area (Å²) in [6.07, 6.45) is 3.74. The maximum absolute atomic E-state index is 13.9. The lowest BCUT2D eigenvalue weighted by atomic mass is 10.1. The van der Waals surface area contributed by atoms with Crippen molar-refractivity contribution in [3.05, 3.63) is 29.6 Å². The standard InChI is InChI=1S/C14H21FN2/c1-2-16-11-12-13(15)7-6-8-14(12)17-9-4-3-5-10-17/h6-8,16H,2-5,9-11H2,1H3. The first-order valence-electron chi connectivity index (χ1n) is 6.56. The number of hydrogen-bond donors (Lipinski definition) is 1. The highest BCUT2D eigenvalue weighted by Crippen LogP contribution is 2.26. The van der Waals surface area contributed by atoms with Crippen LogP contribution in [0.4, 0.5) is 10.1 Å². The first-order chi connectivity index (χ1) is 8.33. The summed E-state index contributed by atoms with van der Waals surface area (Å²) >= 11 is 0. The predicted octanol–water partition coefficient (Wildman–Crippen LogP) is 2.93. The second-order valence-corrected chi connectivity index (χ2v) is 4.57. The van der Waals surface area contributed by atoms with E-state index in [1.54, 1.807) is 6.07 Å². The molecule has 1 saturated heterocycles. The Labute approximate surface area is 103 Å². The molecule has 0 amide bonds. The highest BCUT2D eigenvalue weighted by molar-refractivity contribution is 5.54. The Bertz CT molecular complexity index is 359. The Kier molecular flexibility index (Phi) is 4.37. The molecule has 0 bridgehead atoms. The second kappa shape index (κ2) is 6.01. The van der Waals surface area contributed by atoms with E-state index in [-0.39, 0.29) is 5.82 Å². The van der Waals surface area contributed by atoms with Gasteiger partial charge in [-0.05, 0) is 37.9 Å². The molecule has 0 spiro atoms. The van der Waals surface area contributed by atoms with E-state index < -0.39 is 0 Å². The molecule has 0 atom stereocenters. The molecule has 1 aromatic rings. The van der Waals surface area contributed by atoms with Crippen LogP contribution in [0.5, 0.6) is 0 Å². The SMILES string of the molecule is CCNCc1c(F)cccc1N1CCCCC1. The Balaban J connectivity index is 2.21. The van der Waals surface area contributed by atoms with Gasteiger partial charge in [-0.15, -0.1) is 0 Å². The third kappa shape index (κ3) is 2.97. The summed E-state index contributed by atoms with van der Waals surface area (Å²) in [5.74, 6) is -0.0889. The molecule has 94 valence electrons. The molecule has 2 nitrogen and oxygen atoms in total. The maximum atomic E-state index is 13.9. The summed E-state index contributed by atoms with van der Waals surface area (Å²) in [6.45, 7) is 5.65. The first kappa shape index (κ1) is 12.4. The third-order valence-electron chi connectivity index (χ3n) is 3.34. The van der Waals surface area contributed by atoms with Crippen LogP contribution in [0, 0.1) is 5.82 Å². The van der Waals surface area contributed by atoms with Crippen molar-refractivity contribution in [1.29, 1.82) is 0 Å². The van der Waals surface area contributed by atoms with Crippen molar-refractivity contribution in [2.24, 2.45) is 0 Å². The molecular formula is C14H21FN2. The van der Waals surface area contributed by atoms with E-state index >= 15 is 0 Å². The number of nitrogens with zero attached hydrogens (tertiary/aromatic N) is 1. The molecule has 0 unspecified atom stereocenters. The molecule has 2 rings (SSSR count). The lowest BCUT2D eigenvalue weighted by Crippen LogP contribution is -2.31. The molecule has 1 heterocycles. The van der Waals surface area contributed by atoms with Crippen LogP contribution in [0.15, 0.2) is 18.2 Å². The molecule has 3 heteroatoms. The van der Waals surface area contributed by atoms with Crippen LogP contribution in [0.25, 0.3) is 0 Å². The van der Waals surface area contributed by atoms with Crippen LogP contribution in [0.2, 0.25) is 0 Å². The van der Waals surface area contributed by atoms with Gasteiger partial charge in [0.1, 0.15) is 5.82 Å². The van der Waals surface area contributed by atoms with Crippen molar-refractivity contribution < 1.29 is 4.39 Å². The summed E-state index contributed by atoms with van der Waals surface area (Å²) in [7, 11) is 0. The van der Waals surface area contributed by atoms with E-state index in [0.29, 0.717) is 6.54 Å². The van der Waals surface area contributed by atoms with Gasteiger partial charge in [-0.2, -0.15) is 0 Å². The zero-order chi connectivity index (χ0) is 12.1. The van der Waals surface area contributed by atoms with Crippen LogP contribution in [-0.2, 0) is 6.54 Å². The average Bonchev–Trinajstić information content (AvgIpc) is 2.38. The molecule has 1 aliphatic heterocycles. The van der Waals surface area contributed by atoms with Crippen LogP contribution in [0.1, 0.15) is 31.7 Å². The van der Waals surface area contributed by atoms with E-state index in [2.05, 4.69) is 10.2 Å². The van der Waals surface area contributed by atoms with Crippen LogP contribution in [-0.4, -0.2) is 19.6 Å². The molecule has 0 aliphatic carbocycles. The number of piperidine rings is 1. The molecule has 1 aromatic carbocycles. The van der Waals surface area contributed by atoms with Gasteiger partial charge in [-0.3, -0.25) is 0 Å².